The van der Waals surface area contributed by atoms with E-state index in [1.807, 2.05) is 12.1 Å². The van der Waals surface area contributed by atoms with Gasteiger partial charge in [-0.1, -0.05) is 53.7 Å². The first-order chi connectivity index (χ1) is 22.0. The number of hydrogen-bond donors (Lipinski definition) is 0. The molecule has 1 saturated carbocycles. The summed E-state index contributed by atoms with van der Waals surface area (Å²) >= 11 is 1.67. The molecule has 1 aromatic heterocycles. The predicted octanol–water partition coefficient (Wildman–Crippen LogP) is 8.56. The summed E-state index contributed by atoms with van der Waals surface area (Å²) in [7, 11) is 0. The number of anilines is 1. The average molecular weight is 648 g/mol. The number of halogens is 3. The Morgan fingerprint density at radius 2 is 1.74 bits per heavy atom. The molecule has 1 amide bonds. The van der Waals surface area contributed by atoms with Crippen LogP contribution in [0.4, 0.5) is 18.9 Å². The van der Waals surface area contributed by atoms with Crippen molar-refractivity contribution in [1.82, 2.24) is 14.8 Å². The van der Waals surface area contributed by atoms with Crippen molar-refractivity contribution in [1.29, 1.82) is 0 Å². The van der Waals surface area contributed by atoms with Crippen molar-refractivity contribution >= 4 is 28.5 Å². The summed E-state index contributed by atoms with van der Waals surface area (Å²) in [5.74, 6) is 1.83. The van der Waals surface area contributed by atoms with Gasteiger partial charge in [-0.05, 0) is 99.2 Å². The maximum Gasteiger partial charge on any atom is 0.573 e. The lowest BCUT2D eigenvalue weighted by Gasteiger charge is -2.32. The number of rotatable bonds is 7. The minimum absolute atomic E-state index is 0.0398. The average Bonchev–Trinajstić information content (AvgIpc) is 3.68. The summed E-state index contributed by atoms with van der Waals surface area (Å²) < 4.78 is 42.8. The second-order valence-corrected chi connectivity index (χ2v) is 13.2. The summed E-state index contributed by atoms with van der Waals surface area (Å²) in [5.41, 5.74) is 7.46. The maximum atomic E-state index is 13.2. The van der Waals surface area contributed by atoms with Crippen molar-refractivity contribution in [3.8, 4) is 22.8 Å². The molecule has 2 atom stereocenters. The van der Waals surface area contributed by atoms with Gasteiger partial charge in [0.15, 0.2) is 11.0 Å². The van der Waals surface area contributed by atoms with Crippen LogP contribution in [0, 0.1) is 26.7 Å². The Balaban J connectivity index is 1.06. The van der Waals surface area contributed by atoms with E-state index in [9.17, 15) is 18.0 Å². The number of carbonyl (C=O) groups is 1. The largest absolute Gasteiger partial charge is 0.573 e. The summed E-state index contributed by atoms with van der Waals surface area (Å²) in [6.45, 7) is 7.24. The predicted molar refractivity (Wildman–Crippen MR) is 176 cm³/mol. The molecule has 0 radical (unpaired) electrons. The number of aromatic nitrogens is 3. The lowest BCUT2D eigenvalue weighted by atomic mass is 9.94. The Bertz CT molecular complexity index is 1710. The van der Waals surface area contributed by atoms with Gasteiger partial charge in [0.05, 0.1) is 5.69 Å². The van der Waals surface area contributed by atoms with E-state index in [0.29, 0.717) is 29.8 Å². The third kappa shape index (κ3) is 7.46. The van der Waals surface area contributed by atoms with Crippen LogP contribution >= 0.6 is 11.8 Å². The van der Waals surface area contributed by atoms with Crippen LogP contribution in [0.15, 0.2) is 72.0 Å². The van der Waals surface area contributed by atoms with Crippen LogP contribution in [0.1, 0.15) is 60.3 Å². The summed E-state index contributed by atoms with van der Waals surface area (Å²) in [5, 5.41) is 5.32. The number of aryl methyl sites for hydroxylation is 3. The van der Waals surface area contributed by atoms with Crippen LogP contribution in [0.5, 0.6) is 5.75 Å². The van der Waals surface area contributed by atoms with Crippen LogP contribution < -0.4 is 9.64 Å². The van der Waals surface area contributed by atoms with Crippen molar-refractivity contribution in [2.75, 3.05) is 17.2 Å². The highest BCUT2D eigenvalue weighted by molar-refractivity contribution is 8.14. The number of hydrogen-bond acceptors (Lipinski definition) is 5. The Kier molecular flexibility index (Phi) is 9.22. The van der Waals surface area contributed by atoms with E-state index in [2.05, 4.69) is 69.7 Å². The van der Waals surface area contributed by atoms with Gasteiger partial charge in [-0.15, -0.1) is 18.3 Å². The zero-order valence-corrected chi connectivity index (χ0v) is 26.9. The normalized spacial score (nSPS) is 19.5. The van der Waals surface area contributed by atoms with E-state index in [0.717, 1.165) is 48.7 Å². The van der Waals surface area contributed by atoms with Gasteiger partial charge in [-0.2, -0.15) is 4.99 Å². The summed E-state index contributed by atoms with van der Waals surface area (Å²) in [4.78, 5) is 24.5. The molecule has 3 aromatic carbocycles. The number of thioether (sulfide) groups is 1. The second kappa shape index (κ2) is 13.3. The van der Waals surface area contributed by atoms with Crippen molar-refractivity contribution < 1.29 is 22.7 Å². The molecule has 240 valence electrons. The smallest absolute Gasteiger partial charge is 0.406 e. The van der Waals surface area contributed by atoms with Gasteiger partial charge < -0.3 is 9.64 Å². The zero-order valence-electron chi connectivity index (χ0n) is 26.1. The van der Waals surface area contributed by atoms with Gasteiger partial charge in [0.1, 0.15) is 12.1 Å². The molecular weight excluding hydrogens is 611 g/mol. The molecule has 2 fully saturated rings. The van der Waals surface area contributed by atoms with Crippen molar-refractivity contribution in [3.05, 3.63) is 89.2 Å². The number of aliphatic imine (C=N–C) groups is 1. The molecule has 1 aliphatic heterocycles. The van der Waals surface area contributed by atoms with Gasteiger partial charge in [0.25, 0.3) is 0 Å². The number of nitrogens with zero attached hydrogens (tertiary/aromatic N) is 5. The molecule has 4 aromatic rings. The fourth-order valence-corrected chi connectivity index (χ4v) is 7.61. The molecule has 0 bridgehead atoms. The number of benzene rings is 3. The van der Waals surface area contributed by atoms with Gasteiger partial charge in [0, 0.05) is 30.0 Å². The van der Waals surface area contributed by atoms with Crippen molar-refractivity contribution in [2.45, 2.75) is 65.2 Å². The van der Waals surface area contributed by atoms with Gasteiger partial charge in [0.2, 0.25) is 5.91 Å². The van der Waals surface area contributed by atoms with Crippen LogP contribution in [-0.2, 0) is 4.79 Å². The number of amidine groups is 1. The zero-order chi connectivity index (χ0) is 32.4. The molecule has 2 heterocycles. The Hall–Kier alpha value is -4.12. The fraction of sp³-hybridized carbons (Fsp3) is 0.371. The van der Waals surface area contributed by atoms with Crippen LogP contribution in [0.2, 0.25) is 0 Å². The minimum Gasteiger partial charge on any atom is -0.406 e. The van der Waals surface area contributed by atoms with E-state index in [1.54, 1.807) is 11.8 Å². The van der Waals surface area contributed by atoms with E-state index < -0.39 is 6.36 Å². The molecule has 6 rings (SSSR count). The standard InChI is InChI=1S/C35H36F3N5O2S/c1-22-17-23(2)32(24(3)18-22)42-15-4-16-46-34(42)40-31(44)20-25-5-6-28(19-25)26-7-9-27(10-8-26)33-39-21-43(41-33)29-11-13-30(14-12-29)45-35(36,37)38/h7-14,17-18,21,25,28H,4-6,15-16,19-20H2,1-3H3. The quantitative estimate of drug-likeness (QED) is 0.200. The molecule has 2 unspecified atom stereocenters. The fourth-order valence-electron chi connectivity index (χ4n) is 6.64. The first-order valence-electron chi connectivity index (χ1n) is 15.5. The van der Waals surface area contributed by atoms with Crippen LogP contribution in [0.3, 0.4) is 0 Å². The molecule has 11 heteroatoms. The van der Waals surface area contributed by atoms with Gasteiger partial charge in [-0.3, -0.25) is 4.79 Å². The topological polar surface area (TPSA) is 72.6 Å². The second-order valence-electron chi connectivity index (χ2n) is 12.1. The Labute approximate surface area is 270 Å². The molecule has 0 N–H and O–H groups in total. The van der Waals surface area contributed by atoms with Crippen molar-refractivity contribution in [2.24, 2.45) is 10.9 Å². The van der Waals surface area contributed by atoms with Gasteiger partial charge >= 0.3 is 6.36 Å². The highest BCUT2D eigenvalue weighted by Gasteiger charge is 2.31. The third-order valence-corrected chi connectivity index (χ3v) is 9.65. The lowest BCUT2D eigenvalue weighted by Crippen LogP contribution is -2.35. The summed E-state index contributed by atoms with van der Waals surface area (Å²) in [6.07, 6.45) is 1.28. The van der Waals surface area contributed by atoms with E-state index in [1.165, 1.54) is 63.2 Å². The number of amides is 1. The SMILES string of the molecule is Cc1cc(C)c(N2CCCSC2=NC(=O)CC2CCC(c3ccc(-c4ncn(-c5ccc(OC(F)(F)F)cc5)n4)cc3)C2)c(C)c1. The number of carbonyl (C=O) groups excluding carboxylic acids is 1. The third-order valence-electron chi connectivity index (χ3n) is 8.59. The van der Waals surface area contributed by atoms with E-state index in [-0.39, 0.29) is 11.7 Å². The maximum absolute atomic E-state index is 13.2. The molecule has 7 nitrogen and oxygen atoms in total. The molecule has 46 heavy (non-hydrogen) atoms. The molecule has 1 aliphatic carbocycles. The molecule has 2 aliphatic rings. The highest BCUT2D eigenvalue weighted by atomic mass is 32.2. The summed E-state index contributed by atoms with van der Waals surface area (Å²) in [6, 6.07) is 18.0. The van der Waals surface area contributed by atoms with E-state index >= 15 is 0 Å². The van der Waals surface area contributed by atoms with Crippen LogP contribution in [0.25, 0.3) is 17.1 Å². The molecule has 0 spiro atoms. The van der Waals surface area contributed by atoms with E-state index in [4.69, 9.17) is 0 Å². The van der Waals surface area contributed by atoms with Crippen LogP contribution in [-0.4, -0.2) is 44.5 Å². The van der Waals surface area contributed by atoms with Crippen molar-refractivity contribution in [3.63, 3.8) is 0 Å². The Morgan fingerprint density at radius 3 is 2.43 bits per heavy atom. The highest BCUT2D eigenvalue weighted by Crippen LogP contribution is 2.40. The first kappa shape index (κ1) is 31.8. The van der Waals surface area contributed by atoms with Gasteiger partial charge in [-0.25, -0.2) is 9.67 Å². The Morgan fingerprint density at radius 1 is 1.02 bits per heavy atom. The monoisotopic (exact) mass is 647 g/mol. The lowest BCUT2D eigenvalue weighted by molar-refractivity contribution is -0.274. The first-order valence-corrected chi connectivity index (χ1v) is 16.5. The number of ether oxygens (including phenoxy) is 1. The number of alkyl halides is 3. The minimum atomic E-state index is -4.74. The molecule has 1 saturated heterocycles. The molecular formula is C35H36F3N5O2S.